The summed E-state index contributed by atoms with van der Waals surface area (Å²) >= 11 is 0. The molecule has 0 aliphatic rings. The Labute approximate surface area is 138 Å². The molecule has 0 aliphatic heterocycles. The van der Waals surface area contributed by atoms with Crippen LogP contribution in [-0.2, 0) is 11.8 Å². The molecule has 0 bridgehead atoms. The van der Waals surface area contributed by atoms with E-state index in [0.717, 1.165) is 11.3 Å². The van der Waals surface area contributed by atoms with Gasteiger partial charge >= 0.3 is 0 Å². The van der Waals surface area contributed by atoms with E-state index in [2.05, 4.69) is 10.4 Å². The predicted molar refractivity (Wildman–Crippen MR) is 89.2 cm³/mol. The summed E-state index contributed by atoms with van der Waals surface area (Å²) in [6.45, 7) is -0.172. The number of ether oxygens (including phenoxy) is 1. The number of anilines is 1. The second-order valence-electron chi connectivity index (χ2n) is 5.19. The maximum atomic E-state index is 12.8. The van der Waals surface area contributed by atoms with Gasteiger partial charge in [0, 0.05) is 12.6 Å². The highest BCUT2D eigenvalue weighted by Gasteiger charge is 2.13. The Morgan fingerprint density at radius 1 is 1.17 bits per heavy atom. The Hall–Kier alpha value is -3.15. The molecule has 24 heavy (non-hydrogen) atoms. The Balaban J connectivity index is 1.68. The SMILES string of the molecule is Cn1ncc(NC(=O)COc2ccc(F)cc2)c1-c1ccccc1. The molecule has 0 unspecified atom stereocenters. The van der Waals surface area contributed by atoms with Crippen molar-refractivity contribution in [3.05, 3.63) is 66.6 Å². The first-order chi connectivity index (χ1) is 11.6. The Morgan fingerprint density at radius 2 is 1.88 bits per heavy atom. The molecule has 6 heteroatoms. The molecule has 0 spiro atoms. The zero-order valence-electron chi connectivity index (χ0n) is 13.1. The van der Waals surface area contributed by atoms with Gasteiger partial charge in [0.15, 0.2) is 6.61 Å². The fraction of sp³-hybridized carbons (Fsp3) is 0.111. The lowest BCUT2D eigenvalue weighted by molar-refractivity contribution is -0.118. The van der Waals surface area contributed by atoms with Gasteiger partial charge in [0.2, 0.25) is 0 Å². The number of aryl methyl sites for hydroxylation is 1. The van der Waals surface area contributed by atoms with Gasteiger partial charge in [-0.1, -0.05) is 30.3 Å². The molecule has 5 nitrogen and oxygen atoms in total. The van der Waals surface area contributed by atoms with E-state index in [1.54, 1.807) is 10.9 Å². The average Bonchev–Trinajstić information content (AvgIpc) is 2.95. The number of hydrogen-bond donors (Lipinski definition) is 1. The molecule has 1 heterocycles. The molecule has 0 fully saturated rings. The van der Waals surface area contributed by atoms with Gasteiger partial charge in [-0.25, -0.2) is 4.39 Å². The summed E-state index contributed by atoms with van der Waals surface area (Å²) < 4.78 is 19.9. The quantitative estimate of drug-likeness (QED) is 0.783. The summed E-state index contributed by atoms with van der Waals surface area (Å²) in [6.07, 6.45) is 1.60. The molecule has 0 atom stereocenters. The zero-order chi connectivity index (χ0) is 16.9. The number of halogens is 1. The Morgan fingerprint density at radius 3 is 2.58 bits per heavy atom. The van der Waals surface area contributed by atoms with Crippen LogP contribution in [0, 0.1) is 5.82 Å². The first-order valence-corrected chi connectivity index (χ1v) is 7.39. The summed E-state index contributed by atoms with van der Waals surface area (Å²) in [4.78, 5) is 12.1. The van der Waals surface area contributed by atoms with E-state index in [9.17, 15) is 9.18 Å². The molecular weight excluding hydrogens is 309 g/mol. The fourth-order valence-electron chi connectivity index (χ4n) is 2.33. The van der Waals surface area contributed by atoms with Gasteiger partial charge in [0.1, 0.15) is 11.6 Å². The molecular formula is C18H16FN3O2. The third-order valence-electron chi connectivity index (χ3n) is 3.44. The summed E-state index contributed by atoms with van der Waals surface area (Å²) in [7, 11) is 1.81. The maximum absolute atomic E-state index is 12.8. The van der Waals surface area contributed by atoms with E-state index in [1.165, 1.54) is 24.3 Å². The van der Waals surface area contributed by atoms with Crippen LogP contribution in [0.25, 0.3) is 11.3 Å². The minimum Gasteiger partial charge on any atom is -0.484 e. The second-order valence-corrected chi connectivity index (χ2v) is 5.19. The molecule has 0 aliphatic carbocycles. The normalized spacial score (nSPS) is 10.4. The number of benzene rings is 2. The van der Waals surface area contributed by atoms with Crippen LogP contribution in [0.4, 0.5) is 10.1 Å². The van der Waals surface area contributed by atoms with Crippen LogP contribution in [0.15, 0.2) is 60.8 Å². The molecule has 1 N–H and O–H groups in total. The first-order valence-electron chi connectivity index (χ1n) is 7.39. The first kappa shape index (κ1) is 15.7. The van der Waals surface area contributed by atoms with E-state index in [1.807, 2.05) is 37.4 Å². The van der Waals surface area contributed by atoms with Crippen molar-refractivity contribution in [3.63, 3.8) is 0 Å². The van der Waals surface area contributed by atoms with Crippen LogP contribution in [0.5, 0.6) is 5.75 Å². The topological polar surface area (TPSA) is 56.2 Å². The number of amides is 1. The number of rotatable bonds is 5. The van der Waals surface area contributed by atoms with Crippen LogP contribution in [0.2, 0.25) is 0 Å². The van der Waals surface area contributed by atoms with Crippen molar-refractivity contribution < 1.29 is 13.9 Å². The summed E-state index contributed by atoms with van der Waals surface area (Å²) in [6, 6.07) is 15.2. The minimum absolute atomic E-state index is 0.172. The van der Waals surface area contributed by atoms with Gasteiger partial charge in [-0.3, -0.25) is 9.48 Å². The molecule has 0 saturated carbocycles. The highest BCUT2D eigenvalue weighted by Crippen LogP contribution is 2.26. The van der Waals surface area contributed by atoms with Crippen molar-refractivity contribution >= 4 is 11.6 Å². The molecule has 122 valence electrons. The highest BCUT2D eigenvalue weighted by molar-refractivity contribution is 5.95. The molecule has 3 rings (SSSR count). The smallest absolute Gasteiger partial charge is 0.262 e. The summed E-state index contributed by atoms with van der Waals surface area (Å²) in [5.74, 6) is -0.236. The van der Waals surface area contributed by atoms with E-state index >= 15 is 0 Å². The van der Waals surface area contributed by atoms with Crippen LogP contribution >= 0.6 is 0 Å². The zero-order valence-corrected chi connectivity index (χ0v) is 13.1. The largest absolute Gasteiger partial charge is 0.484 e. The van der Waals surface area contributed by atoms with E-state index < -0.39 is 0 Å². The van der Waals surface area contributed by atoms with E-state index in [0.29, 0.717) is 11.4 Å². The predicted octanol–water partition coefficient (Wildman–Crippen LogP) is 3.24. The van der Waals surface area contributed by atoms with E-state index in [4.69, 9.17) is 4.74 Å². The molecule has 0 radical (unpaired) electrons. The maximum Gasteiger partial charge on any atom is 0.262 e. The monoisotopic (exact) mass is 325 g/mol. The number of aromatic nitrogens is 2. The van der Waals surface area contributed by atoms with Crippen molar-refractivity contribution in [2.24, 2.45) is 7.05 Å². The van der Waals surface area contributed by atoms with Crippen LogP contribution in [-0.4, -0.2) is 22.3 Å². The Bertz CT molecular complexity index is 829. The van der Waals surface area contributed by atoms with Crippen LogP contribution in [0.1, 0.15) is 0 Å². The second kappa shape index (κ2) is 6.95. The standard InChI is InChI=1S/C18H16FN3O2/c1-22-18(13-5-3-2-4-6-13)16(11-20-22)21-17(23)12-24-15-9-7-14(19)8-10-15/h2-11H,12H2,1H3,(H,21,23). The molecule has 3 aromatic rings. The average molecular weight is 325 g/mol. The van der Waals surface area contributed by atoms with Gasteiger partial charge in [-0.05, 0) is 24.3 Å². The van der Waals surface area contributed by atoms with Gasteiger partial charge in [-0.2, -0.15) is 5.10 Å². The van der Waals surface area contributed by atoms with Crippen molar-refractivity contribution in [3.8, 4) is 17.0 Å². The van der Waals surface area contributed by atoms with Crippen molar-refractivity contribution in [1.29, 1.82) is 0 Å². The molecule has 0 saturated heterocycles. The van der Waals surface area contributed by atoms with Gasteiger partial charge in [0.25, 0.3) is 5.91 Å². The minimum atomic E-state index is -0.352. The highest BCUT2D eigenvalue weighted by atomic mass is 19.1. The van der Waals surface area contributed by atoms with Crippen LogP contribution in [0.3, 0.4) is 0 Å². The number of carbonyl (C=O) groups is 1. The summed E-state index contributed by atoms with van der Waals surface area (Å²) in [5.41, 5.74) is 2.37. The number of carbonyl (C=O) groups excluding carboxylic acids is 1. The molecule has 1 amide bonds. The Kier molecular flexibility index (Phi) is 4.56. The number of nitrogens with zero attached hydrogens (tertiary/aromatic N) is 2. The van der Waals surface area contributed by atoms with Gasteiger partial charge in [-0.15, -0.1) is 0 Å². The van der Waals surface area contributed by atoms with E-state index in [-0.39, 0.29) is 18.3 Å². The van der Waals surface area contributed by atoms with Crippen molar-refractivity contribution in [2.75, 3.05) is 11.9 Å². The lowest BCUT2D eigenvalue weighted by Gasteiger charge is -2.09. The summed E-state index contributed by atoms with van der Waals surface area (Å²) in [5, 5.41) is 6.98. The van der Waals surface area contributed by atoms with Crippen molar-refractivity contribution in [2.45, 2.75) is 0 Å². The molecule has 2 aromatic carbocycles. The molecule has 1 aromatic heterocycles. The van der Waals surface area contributed by atoms with Crippen molar-refractivity contribution in [1.82, 2.24) is 9.78 Å². The lowest BCUT2D eigenvalue weighted by Crippen LogP contribution is -2.20. The van der Waals surface area contributed by atoms with Crippen LogP contribution < -0.4 is 10.1 Å². The number of nitrogens with one attached hydrogen (secondary N) is 1. The fourth-order valence-corrected chi connectivity index (χ4v) is 2.33. The third kappa shape index (κ3) is 3.60. The number of hydrogen-bond acceptors (Lipinski definition) is 3. The third-order valence-corrected chi connectivity index (χ3v) is 3.44. The van der Waals surface area contributed by atoms with Gasteiger partial charge in [0.05, 0.1) is 17.6 Å². The lowest BCUT2D eigenvalue weighted by atomic mass is 10.1. The van der Waals surface area contributed by atoms with Gasteiger partial charge < -0.3 is 10.1 Å².